The van der Waals surface area contributed by atoms with Crippen LogP contribution in [0.15, 0.2) is 95.8 Å². The van der Waals surface area contributed by atoms with Crippen LogP contribution in [0.2, 0.25) is 0 Å². The number of H-pyrrole nitrogens is 1. The first-order valence-electron chi connectivity index (χ1n) is 20.7. The Morgan fingerprint density at radius 1 is 1.00 bits per heavy atom. The molecule has 2 aromatic heterocycles. The molecule has 1 fully saturated rings. The molecule has 5 aromatic rings. The number of nitrogens with zero attached hydrogens (tertiary/aromatic N) is 1. The molecular formula is C47H61N5O6S. The number of likely N-dealkylation sites (tertiary alicyclic amines) is 1. The van der Waals surface area contributed by atoms with Gasteiger partial charge in [0.15, 0.2) is 6.29 Å². The van der Waals surface area contributed by atoms with Crippen molar-refractivity contribution in [2.45, 2.75) is 77.1 Å². The number of fused-ring (bicyclic) bond motifs is 1. The normalized spacial score (nSPS) is 14.9. The number of ether oxygens (including phenoxy) is 1. The number of aryl methyl sites for hydroxylation is 2. The zero-order valence-electron chi connectivity index (χ0n) is 34.7. The van der Waals surface area contributed by atoms with E-state index < -0.39 is 11.6 Å². The molecule has 0 amide bonds. The standard InChI is InChI=1S/C31H38N2O3S.C16H23N3O3/c1-24-8-6-7-11-27(24)14-17-31(2,32-20-28-12-13-29(22-34)37-28)30(35)36-23-26-15-18-33(19-16-26)21-25-9-4-3-5-10-25;1-17-8-2-3-9-18-10-14(21)11-4-6-13(20)16-12(11)5-7-15(22)19-16/h3-13,22,26,32H,14-21,23H2,1-2H3;4-7,14,17-18,20-21H,2-3,8-10H2,1H3,(H,19,22). The van der Waals surface area contributed by atoms with Crippen molar-refractivity contribution in [1.82, 2.24) is 25.8 Å². The molecule has 0 aliphatic carbocycles. The lowest BCUT2D eigenvalue weighted by Gasteiger charge is -2.33. The minimum atomic E-state index is -0.818. The van der Waals surface area contributed by atoms with Crippen molar-refractivity contribution in [3.63, 3.8) is 0 Å². The summed E-state index contributed by atoms with van der Waals surface area (Å²) in [7, 11) is 1.93. The Kier molecular flexibility index (Phi) is 17.8. The van der Waals surface area contributed by atoms with Crippen LogP contribution in [0.25, 0.3) is 10.9 Å². The van der Waals surface area contributed by atoms with Crippen molar-refractivity contribution in [2.24, 2.45) is 5.92 Å². The molecule has 6 N–H and O–H groups in total. The van der Waals surface area contributed by atoms with Gasteiger partial charge in [-0.3, -0.25) is 24.6 Å². The minimum Gasteiger partial charge on any atom is -0.506 e. The molecule has 3 heterocycles. The third kappa shape index (κ3) is 13.9. The number of aliphatic hydroxyl groups is 1. The number of phenolic OH excluding ortho intramolecular Hbond substituents is 1. The molecule has 1 aliphatic heterocycles. The van der Waals surface area contributed by atoms with Gasteiger partial charge in [0.25, 0.3) is 0 Å². The predicted octanol–water partition coefficient (Wildman–Crippen LogP) is 6.66. The van der Waals surface area contributed by atoms with Gasteiger partial charge in [-0.15, -0.1) is 11.3 Å². The summed E-state index contributed by atoms with van der Waals surface area (Å²) in [5.41, 5.74) is 3.76. The summed E-state index contributed by atoms with van der Waals surface area (Å²) in [4.78, 5) is 42.7. The number of esters is 1. The van der Waals surface area contributed by atoms with Crippen molar-refractivity contribution < 1.29 is 24.5 Å². The maximum atomic E-state index is 13.5. The van der Waals surface area contributed by atoms with Gasteiger partial charge in [0, 0.05) is 36.0 Å². The summed E-state index contributed by atoms with van der Waals surface area (Å²) < 4.78 is 5.96. The number of pyridine rings is 1. The molecule has 1 aliphatic rings. The van der Waals surface area contributed by atoms with Gasteiger partial charge in [-0.2, -0.15) is 0 Å². The number of aliphatic hydroxyl groups excluding tert-OH is 1. The van der Waals surface area contributed by atoms with E-state index >= 15 is 0 Å². The summed E-state index contributed by atoms with van der Waals surface area (Å²) in [6.45, 7) is 10.3. The number of carbonyl (C=O) groups excluding carboxylic acids is 2. The molecule has 3 aromatic carbocycles. The van der Waals surface area contributed by atoms with Crippen molar-refractivity contribution in [3.05, 3.63) is 133 Å². The van der Waals surface area contributed by atoms with Gasteiger partial charge in [-0.1, -0.05) is 60.7 Å². The monoisotopic (exact) mass is 823 g/mol. The number of phenols is 1. The molecule has 2 unspecified atom stereocenters. The third-order valence-corrected chi connectivity index (χ3v) is 12.1. The largest absolute Gasteiger partial charge is 0.506 e. The number of aromatic amines is 1. The molecule has 2 atom stereocenters. The van der Waals surface area contributed by atoms with E-state index in [1.165, 1.54) is 40.2 Å². The fourth-order valence-corrected chi connectivity index (χ4v) is 8.10. The Morgan fingerprint density at radius 3 is 2.47 bits per heavy atom. The topological polar surface area (TPSA) is 156 Å². The number of hydrogen-bond acceptors (Lipinski definition) is 11. The summed E-state index contributed by atoms with van der Waals surface area (Å²) in [5, 5.41) is 30.6. The van der Waals surface area contributed by atoms with Crippen molar-refractivity contribution in [3.8, 4) is 5.75 Å². The number of piperidine rings is 1. The second-order valence-electron chi connectivity index (χ2n) is 15.7. The number of aromatic hydroxyl groups is 1. The van der Waals surface area contributed by atoms with Crippen LogP contribution in [0, 0.1) is 12.8 Å². The molecule has 0 spiro atoms. The zero-order valence-corrected chi connectivity index (χ0v) is 35.5. The van der Waals surface area contributed by atoms with Crippen LogP contribution in [-0.4, -0.2) is 84.3 Å². The number of aldehydes is 1. The van der Waals surface area contributed by atoms with E-state index in [1.54, 1.807) is 12.1 Å². The van der Waals surface area contributed by atoms with Crippen LogP contribution in [0.1, 0.15) is 81.9 Å². The number of benzene rings is 3. The zero-order chi connectivity index (χ0) is 42.0. The molecule has 6 rings (SSSR count). The van der Waals surface area contributed by atoms with E-state index in [0.29, 0.717) is 53.4 Å². The highest BCUT2D eigenvalue weighted by molar-refractivity contribution is 7.13. The first-order valence-corrected chi connectivity index (χ1v) is 21.6. The fourth-order valence-electron chi connectivity index (χ4n) is 7.33. The van der Waals surface area contributed by atoms with E-state index in [1.807, 2.05) is 38.2 Å². The van der Waals surface area contributed by atoms with E-state index in [-0.39, 0.29) is 17.3 Å². The highest BCUT2D eigenvalue weighted by Gasteiger charge is 2.35. The lowest BCUT2D eigenvalue weighted by Crippen LogP contribution is -2.51. The van der Waals surface area contributed by atoms with Crippen LogP contribution < -0.4 is 21.5 Å². The first kappa shape index (κ1) is 45.4. The van der Waals surface area contributed by atoms with Gasteiger partial charge in [0.2, 0.25) is 5.56 Å². The van der Waals surface area contributed by atoms with E-state index in [2.05, 4.69) is 75.2 Å². The Balaban J connectivity index is 0.000000256. The summed E-state index contributed by atoms with van der Waals surface area (Å²) in [6.07, 6.45) is 5.79. The summed E-state index contributed by atoms with van der Waals surface area (Å²) in [5.74, 6) is 0.202. The molecule has 11 nitrogen and oxygen atoms in total. The van der Waals surface area contributed by atoms with Gasteiger partial charge in [-0.25, -0.2) is 0 Å². The number of unbranched alkanes of at least 4 members (excludes halogenated alkanes) is 1. The molecule has 12 heteroatoms. The maximum Gasteiger partial charge on any atom is 0.326 e. The average molecular weight is 824 g/mol. The van der Waals surface area contributed by atoms with Gasteiger partial charge in [0.1, 0.15) is 11.3 Å². The molecule has 316 valence electrons. The first-order chi connectivity index (χ1) is 28.6. The van der Waals surface area contributed by atoms with Crippen molar-refractivity contribution in [1.29, 1.82) is 0 Å². The van der Waals surface area contributed by atoms with Crippen LogP contribution in [0.3, 0.4) is 0 Å². The molecule has 59 heavy (non-hydrogen) atoms. The fraction of sp³-hybridized carbons (Fsp3) is 0.426. The van der Waals surface area contributed by atoms with Crippen LogP contribution >= 0.6 is 11.3 Å². The number of thiophene rings is 1. The molecular weight excluding hydrogens is 763 g/mol. The van der Waals surface area contributed by atoms with E-state index in [0.717, 1.165) is 76.0 Å². The van der Waals surface area contributed by atoms with Gasteiger partial charge >= 0.3 is 5.97 Å². The van der Waals surface area contributed by atoms with Gasteiger partial charge in [-0.05, 0) is 138 Å². The SMILES string of the molecule is CNCCCCNCC(O)c1ccc(O)c2[nH]c(=O)ccc12.Cc1ccccc1CCC(C)(NCc1ccc(C=O)s1)C(=O)OCC1CCN(Cc2ccccc2)CC1. The van der Waals surface area contributed by atoms with Crippen LogP contribution in [0.4, 0.5) is 0 Å². The highest BCUT2D eigenvalue weighted by atomic mass is 32.1. The number of nitrogens with one attached hydrogen (secondary N) is 4. The Morgan fingerprint density at radius 2 is 1.75 bits per heavy atom. The highest BCUT2D eigenvalue weighted by Crippen LogP contribution is 2.29. The number of aromatic nitrogens is 1. The molecule has 0 radical (unpaired) electrons. The second kappa shape index (κ2) is 23.2. The summed E-state index contributed by atoms with van der Waals surface area (Å²) in [6, 6.07) is 28.8. The Bertz CT molecular complexity index is 2120. The molecule has 0 bridgehead atoms. The Labute approximate surface area is 352 Å². The minimum absolute atomic E-state index is 0.00340. The lowest BCUT2D eigenvalue weighted by atomic mass is 9.91. The molecule has 0 saturated carbocycles. The Hall–Kier alpha value is -4.69. The van der Waals surface area contributed by atoms with Gasteiger partial charge < -0.3 is 30.6 Å². The number of carbonyl (C=O) groups is 2. The van der Waals surface area contributed by atoms with E-state index in [4.69, 9.17) is 4.74 Å². The number of rotatable bonds is 20. The lowest BCUT2D eigenvalue weighted by molar-refractivity contribution is -0.153. The third-order valence-electron chi connectivity index (χ3n) is 11.1. The smallest absolute Gasteiger partial charge is 0.326 e. The predicted molar refractivity (Wildman–Crippen MR) is 237 cm³/mol. The quantitative estimate of drug-likeness (QED) is 0.0285. The summed E-state index contributed by atoms with van der Waals surface area (Å²) >= 11 is 1.45. The van der Waals surface area contributed by atoms with Crippen molar-refractivity contribution >= 4 is 34.5 Å². The van der Waals surface area contributed by atoms with Gasteiger partial charge in [0.05, 0.1) is 23.1 Å². The van der Waals surface area contributed by atoms with E-state index in [9.17, 15) is 24.6 Å². The maximum absolute atomic E-state index is 13.5. The number of hydrogen-bond donors (Lipinski definition) is 6. The second-order valence-corrected chi connectivity index (χ2v) is 16.9. The molecule has 1 saturated heterocycles. The van der Waals surface area contributed by atoms with Crippen LogP contribution in [-0.2, 0) is 29.0 Å². The van der Waals surface area contributed by atoms with Crippen molar-refractivity contribution in [2.75, 3.05) is 46.4 Å². The van der Waals surface area contributed by atoms with Crippen LogP contribution in [0.5, 0.6) is 5.75 Å². The average Bonchev–Trinajstić information content (AvgIpc) is 3.73.